The SMILES string of the molecule is COC(=O)CCc1cc(N=Nc2ccc(Br)cc2[N+](=O)[O-])c(O)c(C(C)(C)C)c1. The van der Waals surface area contributed by atoms with Crippen molar-refractivity contribution in [3.8, 4) is 5.75 Å². The van der Waals surface area contributed by atoms with Crippen molar-refractivity contribution in [2.45, 2.75) is 39.0 Å². The molecule has 0 spiro atoms. The van der Waals surface area contributed by atoms with Crippen LogP contribution in [0, 0.1) is 10.1 Å². The second-order valence-electron chi connectivity index (χ2n) is 7.43. The second kappa shape index (κ2) is 9.13. The summed E-state index contributed by atoms with van der Waals surface area (Å²) in [6, 6.07) is 7.85. The Morgan fingerprint density at radius 2 is 1.86 bits per heavy atom. The van der Waals surface area contributed by atoms with Gasteiger partial charge in [0, 0.05) is 22.5 Å². The molecule has 0 saturated carbocycles. The number of aryl methyl sites for hydroxylation is 1. The maximum atomic E-state index is 11.5. The molecule has 8 nitrogen and oxygen atoms in total. The summed E-state index contributed by atoms with van der Waals surface area (Å²) in [7, 11) is 1.32. The molecule has 0 aromatic heterocycles. The monoisotopic (exact) mass is 463 g/mol. The molecule has 0 radical (unpaired) electrons. The molecule has 0 unspecified atom stereocenters. The first-order chi connectivity index (χ1) is 13.5. The number of halogens is 1. The fourth-order valence-corrected chi connectivity index (χ4v) is 3.00. The molecule has 1 N–H and O–H groups in total. The van der Waals surface area contributed by atoms with Gasteiger partial charge in [0.15, 0.2) is 5.69 Å². The second-order valence-corrected chi connectivity index (χ2v) is 8.34. The van der Waals surface area contributed by atoms with Crippen LogP contribution in [0.4, 0.5) is 17.1 Å². The number of ether oxygens (including phenoxy) is 1. The number of phenols is 1. The van der Waals surface area contributed by atoms with Crippen LogP contribution in [0.2, 0.25) is 0 Å². The van der Waals surface area contributed by atoms with Crippen molar-refractivity contribution in [2.75, 3.05) is 7.11 Å². The van der Waals surface area contributed by atoms with E-state index in [4.69, 9.17) is 0 Å². The number of hydrogen-bond acceptors (Lipinski definition) is 7. The van der Waals surface area contributed by atoms with Crippen molar-refractivity contribution in [1.82, 2.24) is 0 Å². The van der Waals surface area contributed by atoms with Gasteiger partial charge >= 0.3 is 5.97 Å². The van der Waals surface area contributed by atoms with E-state index in [9.17, 15) is 20.0 Å². The van der Waals surface area contributed by atoms with Gasteiger partial charge in [-0.05, 0) is 35.6 Å². The van der Waals surface area contributed by atoms with Gasteiger partial charge in [-0.25, -0.2) is 0 Å². The zero-order valence-electron chi connectivity index (χ0n) is 16.6. The molecule has 9 heteroatoms. The third-order valence-electron chi connectivity index (χ3n) is 4.20. The van der Waals surface area contributed by atoms with Crippen LogP contribution in [0.25, 0.3) is 0 Å². The van der Waals surface area contributed by atoms with E-state index >= 15 is 0 Å². The molecule has 0 aliphatic heterocycles. The first-order valence-corrected chi connectivity index (χ1v) is 9.61. The van der Waals surface area contributed by atoms with Crippen molar-refractivity contribution in [2.24, 2.45) is 10.2 Å². The van der Waals surface area contributed by atoms with Gasteiger partial charge in [0.2, 0.25) is 0 Å². The van der Waals surface area contributed by atoms with E-state index in [1.807, 2.05) is 26.8 Å². The van der Waals surface area contributed by atoms with E-state index in [0.717, 1.165) is 5.56 Å². The summed E-state index contributed by atoms with van der Waals surface area (Å²) in [4.78, 5) is 22.2. The standard InChI is InChI=1S/C20H22BrN3O5/c1-20(2,3)14-9-12(5-8-18(25)29-4)10-16(19(14)26)23-22-15-7-6-13(21)11-17(15)24(27)28/h6-7,9-11,26H,5,8H2,1-4H3. The fraction of sp³-hybridized carbons (Fsp3) is 0.350. The molecule has 0 heterocycles. The topological polar surface area (TPSA) is 114 Å². The Bertz CT molecular complexity index is 967. The molecule has 29 heavy (non-hydrogen) atoms. The number of carbonyl (C=O) groups excluding carboxylic acids is 1. The Kier molecular flexibility index (Phi) is 7.07. The molecule has 0 aliphatic rings. The summed E-state index contributed by atoms with van der Waals surface area (Å²) in [6.45, 7) is 5.81. The number of aromatic hydroxyl groups is 1. The number of esters is 1. The highest BCUT2D eigenvalue weighted by molar-refractivity contribution is 9.10. The third kappa shape index (κ3) is 5.83. The Labute approximate surface area is 176 Å². The van der Waals surface area contributed by atoms with Crippen LogP contribution in [0.5, 0.6) is 5.75 Å². The van der Waals surface area contributed by atoms with Gasteiger partial charge < -0.3 is 9.84 Å². The number of azo groups is 1. The number of methoxy groups -OCH3 is 1. The lowest BCUT2D eigenvalue weighted by Crippen LogP contribution is -2.12. The molecule has 0 atom stereocenters. The number of rotatable bonds is 6. The molecule has 0 saturated heterocycles. The maximum absolute atomic E-state index is 11.5. The minimum absolute atomic E-state index is 0.0529. The van der Waals surface area contributed by atoms with E-state index in [0.29, 0.717) is 16.5 Å². The van der Waals surface area contributed by atoms with Gasteiger partial charge in [0.25, 0.3) is 5.69 Å². The average Bonchev–Trinajstić information content (AvgIpc) is 2.65. The Hall–Kier alpha value is -2.81. The van der Waals surface area contributed by atoms with Crippen LogP contribution in [0.15, 0.2) is 45.0 Å². The van der Waals surface area contributed by atoms with E-state index in [2.05, 4.69) is 30.9 Å². The molecule has 154 valence electrons. The number of benzene rings is 2. The highest BCUT2D eigenvalue weighted by atomic mass is 79.9. The quantitative estimate of drug-likeness (QED) is 0.248. The van der Waals surface area contributed by atoms with E-state index in [1.165, 1.54) is 19.2 Å². The molecular weight excluding hydrogens is 442 g/mol. The first-order valence-electron chi connectivity index (χ1n) is 8.81. The highest BCUT2D eigenvalue weighted by Gasteiger charge is 2.22. The minimum Gasteiger partial charge on any atom is -0.505 e. The number of hydrogen-bond donors (Lipinski definition) is 1. The van der Waals surface area contributed by atoms with Gasteiger partial charge in [0.05, 0.1) is 12.0 Å². The van der Waals surface area contributed by atoms with Crippen LogP contribution >= 0.6 is 15.9 Å². The predicted molar refractivity (Wildman–Crippen MR) is 112 cm³/mol. The molecule has 2 rings (SSSR count). The third-order valence-corrected chi connectivity index (χ3v) is 4.70. The van der Waals surface area contributed by atoms with Crippen LogP contribution < -0.4 is 0 Å². The van der Waals surface area contributed by atoms with Crippen LogP contribution in [0.1, 0.15) is 38.3 Å². The molecular formula is C20H22BrN3O5. The van der Waals surface area contributed by atoms with Gasteiger partial charge in [-0.15, -0.1) is 10.2 Å². The average molecular weight is 464 g/mol. The van der Waals surface area contributed by atoms with Gasteiger partial charge in [-0.1, -0.05) is 42.8 Å². The number of carbonyl (C=O) groups is 1. The lowest BCUT2D eigenvalue weighted by Gasteiger charge is -2.22. The summed E-state index contributed by atoms with van der Waals surface area (Å²) >= 11 is 3.19. The summed E-state index contributed by atoms with van der Waals surface area (Å²) in [6.07, 6.45) is 0.580. The molecule has 0 fully saturated rings. The molecule has 0 bridgehead atoms. The zero-order chi connectivity index (χ0) is 21.8. The zero-order valence-corrected chi connectivity index (χ0v) is 18.2. The summed E-state index contributed by atoms with van der Waals surface area (Å²) in [5, 5.41) is 30.0. The predicted octanol–water partition coefficient (Wildman–Crippen LogP) is 5.88. The maximum Gasteiger partial charge on any atom is 0.305 e. The number of phenolic OH excluding ortho intramolecular Hbond substituents is 1. The van der Waals surface area contributed by atoms with Crippen LogP contribution in [-0.4, -0.2) is 23.1 Å². The van der Waals surface area contributed by atoms with Gasteiger partial charge in [0.1, 0.15) is 11.4 Å². The van der Waals surface area contributed by atoms with Crippen molar-refractivity contribution >= 4 is 39.0 Å². The van der Waals surface area contributed by atoms with Crippen molar-refractivity contribution in [3.63, 3.8) is 0 Å². The Morgan fingerprint density at radius 1 is 1.21 bits per heavy atom. The van der Waals surface area contributed by atoms with Gasteiger partial charge in [-0.3, -0.25) is 14.9 Å². The van der Waals surface area contributed by atoms with E-state index in [1.54, 1.807) is 12.1 Å². The largest absolute Gasteiger partial charge is 0.505 e. The lowest BCUT2D eigenvalue weighted by atomic mass is 9.84. The van der Waals surface area contributed by atoms with Crippen LogP contribution in [0.3, 0.4) is 0 Å². The summed E-state index contributed by atoms with van der Waals surface area (Å²) in [5.41, 5.74) is 1.06. The van der Waals surface area contributed by atoms with Crippen molar-refractivity contribution < 1.29 is 19.6 Å². The molecule has 0 aliphatic carbocycles. The molecule has 2 aromatic rings. The summed E-state index contributed by atoms with van der Waals surface area (Å²) < 4.78 is 5.22. The number of nitrogens with zero attached hydrogens (tertiary/aromatic N) is 3. The van der Waals surface area contributed by atoms with Crippen molar-refractivity contribution in [3.05, 3.63) is 56.0 Å². The number of nitro benzene ring substituents is 1. The summed E-state index contributed by atoms with van der Waals surface area (Å²) in [5.74, 6) is -0.396. The van der Waals surface area contributed by atoms with Crippen molar-refractivity contribution in [1.29, 1.82) is 0 Å². The molecule has 2 aromatic carbocycles. The van der Waals surface area contributed by atoms with E-state index < -0.39 is 4.92 Å². The number of nitro groups is 1. The minimum atomic E-state index is -0.549. The van der Waals surface area contributed by atoms with E-state index in [-0.39, 0.29) is 40.6 Å². The lowest BCUT2D eigenvalue weighted by molar-refractivity contribution is -0.384. The highest BCUT2D eigenvalue weighted by Crippen LogP contribution is 2.40. The Balaban J connectivity index is 2.50. The normalized spacial score (nSPS) is 11.6. The van der Waals surface area contributed by atoms with Crippen LogP contribution in [-0.2, 0) is 21.4 Å². The first kappa shape index (κ1) is 22.5. The molecule has 0 amide bonds. The Morgan fingerprint density at radius 3 is 2.45 bits per heavy atom. The fourth-order valence-electron chi connectivity index (χ4n) is 2.65. The van der Waals surface area contributed by atoms with Gasteiger partial charge in [-0.2, -0.15) is 0 Å². The smallest absolute Gasteiger partial charge is 0.305 e.